The first kappa shape index (κ1) is 14.6. The molecule has 1 amide bonds. The monoisotopic (exact) mass is 259 g/mol. The molecule has 0 aromatic carbocycles. The van der Waals surface area contributed by atoms with Gasteiger partial charge in [-0.1, -0.05) is 0 Å². The minimum absolute atomic E-state index is 0.00169. The molecule has 1 aliphatic rings. The van der Waals surface area contributed by atoms with Gasteiger partial charge in [-0.25, -0.2) is 0 Å². The summed E-state index contributed by atoms with van der Waals surface area (Å²) in [5, 5.41) is 0. The van der Waals surface area contributed by atoms with Crippen LogP contribution in [0.15, 0.2) is 0 Å². The van der Waals surface area contributed by atoms with Crippen molar-refractivity contribution >= 4 is 18.2 Å². The van der Waals surface area contributed by atoms with Gasteiger partial charge in [0.05, 0.1) is 6.42 Å². The fourth-order valence-electron chi connectivity index (χ4n) is 1.62. The van der Waals surface area contributed by atoms with Crippen LogP contribution in [0.1, 0.15) is 26.7 Å². The summed E-state index contributed by atoms with van der Waals surface area (Å²) in [5.74, 6) is -2.15. The van der Waals surface area contributed by atoms with E-state index in [0.29, 0.717) is 6.29 Å². The molecule has 1 aliphatic heterocycles. The fourth-order valence-corrected chi connectivity index (χ4v) is 1.62. The Balaban J connectivity index is 2.47. The number of carbonyl (C=O) groups excluding carboxylic acids is 3. The third-order valence-electron chi connectivity index (χ3n) is 2.34. The molecule has 7 heteroatoms. The summed E-state index contributed by atoms with van der Waals surface area (Å²) in [4.78, 5) is 32.4. The SMILES string of the molecule is CC1(C)O[C@H](COC(=O)CCC=O)[C@H](C(N)=O)O1. The van der Waals surface area contributed by atoms with Crippen molar-refractivity contribution in [3.05, 3.63) is 0 Å². The third kappa shape index (κ3) is 4.08. The van der Waals surface area contributed by atoms with Crippen LogP contribution in [0.2, 0.25) is 0 Å². The third-order valence-corrected chi connectivity index (χ3v) is 2.34. The lowest BCUT2D eigenvalue weighted by Crippen LogP contribution is -2.39. The lowest BCUT2D eigenvalue weighted by molar-refractivity contribution is -0.161. The second kappa shape index (κ2) is 5.92. The smallest absolute Gasteiger partial charge is 0.306 e. The first-order valence-electron chi connectivity index (χ1n) is 5.60. The van der Waals surface area contributed by atoms with E-state index in [1.807, 2.05) is 0 Å². The lowest BCUT2D eigenvalue weighted by atomic mass is 10.2. The summed E-state index contributed by atoms with van der Waals surface area (Å²) in [6.45, 7) is 3.14. The van der Waals surface area contributed by atoms with Crippen molar-refractivity contribution < 1.29 is 28.6 Å². The van der Waals surface area contributed by atoms with Crippen molar-refractivity contribution in [2.75, 3.05) is 6.61 Å². The predicted molar refractivity (Wildman–Crippen MR) is 59.3 cm³/mol. The molecule has 0 aliphatic carbocycles. The molecule has 0 spiro atoms. The maximum Gasteiger partial charge on any atom is 0.306 e. The molecular weight excluding hydrogens is 242 g/mol. The standard InChI is InChI=1S/C11H17NO6/c1-11(2)17-7(9(18-11)10(12)15)6-16-8(14)4-3-5-13/h5,7,9H,3-4,6H2,1-2H3,(H2,12,15)/t7-,9-/m1/s1. The molecule has 0 saturated carbocycles. The maximum atomic E-state index is 11.2. The van der Waals surface area contributed by atoms with Gasteiger partial charge in [-0.2, -0.15) is 0 Å². The summed E-state index contributed by atoms with van der Waals surface area (Å²) in [6.07, 6.45) is -0.935. The highest BCUT2D eigenvalue weighted by Gasteiger charge is 2.44. The van der Waals surface area contributed by atoms with E-state index in [1.165, 1.54) is 0 Å². The number of amides is 1. The first-order valence-corrected chi connectivity index (χ1v) is 5.60. The molecule has 0 radical (unpaired) electrons. The van der Waals surface area contributed by atoms with E-state index in [0.717, 1.165) is 0 Å². The van der Waals surface area contributed by atoms with Crippen LogP contribution < -0.4 is 5.73 Å². The Morgan fingerprint density at radius 2 is 2.06 bits per heavy atom. The number of ether oxygens (including phenoxy) is 3. The van der Waals surface area contributed by atoms with Crippen LogP contribution in [0.4, 0.5) is 0 Å². The van der Waals surface area contributed by atoms with Gasteiger partial charge in [-0.05, 0) is 13.8 Å². The Labute approximate surface area is 105 Å². The molecule has 0 aromatic rings. The van der Waals surface area contributed by atoms with Crippen molar-refractivity contribution in [2.24, 2.45) is 5.73 Å². The number of aldehydes is 1. The number of carbonyl (C=O) groups is 3. The van der Waals surface area contributed by atoms with Crippen LogP contribution in [0.5, 0.6) is 0 Å². The predicted octanol–water partition coefficient (Wildman–Crippen LogP) is -0.486. The zero-order valence-corrected chi connectivity index (χ0v) is 10.4. The largest absolute Gasteiger partial charge is 0.463 e. The van der Waals surface area contributed by atoms with E-state index < -0.39 is 29.9 Å². The lowest BCUT2D eigenvalue weighted by Gasteiger charge is -2.16. The van der Waals surface area contributed by atoms with E-state index in [-0.39, 0.29) is 19.4 Å². The van der Waals surface area contributed by atoms with Crippen LogP contribution in [0.3, 0.4) is 0 Å². The highest BCUT2D eigenvalue weighted by Crippen LogP contribution is 2.28. The normalized spacial score (nSPS) is 25.7. The van der Waals surface area contributed by atoms with Gasteiger partial charge in [0.1, 0.15) is 19.0 Å². The summed E-state index contributed by atoms with van der Waals surface area (Å²) in [6, 6.07) is 0. The number of primary amides is 1. The maximum absolute atomic E-state index is 11.2. The van der Waals surface area contributed by atoms with Crippen molar-refractivity contribution in [1.82, 2.24) is 0 Å². The van der Waals surface area contributed by atoms with Crippen molar-refractivity contribution in [1.29, 1.82) is 0 Å². The molecule has 1 heterocycles. The van der Waals surface area contributed by atoms with Gasteiger partial charge in [-0.3, -0.25) is 9.59 Å². The molecule has 1 rings (SSSR count). The van der Waals surface area contributed by atoms with Crippen molar-refractivity contribution in [3.63, 3.8) is 0 Å². The Hall–Kier alpha value is -1.47. The quantitative estimate of drug-likeness (QED) is 0.510. The molecular formula is C11H17NO6. The molecule has 102 valence electrons. The molecule has 2 N–H and O–H groups in total. The fraction of sp³-hybridized carbons (Fsp3) is 0.727. The first-order chi connectivity index (χ1) is 8.35. The average molecular weight is 259 g/mol. The number of nitrogens with two attached hydrogens (primary N) is 1. The summed E-state index contributed by atoms with van der Waals surface area (Å²) < 4.78 is 15.6. The van der Waals surface area contributed by atoms with Crippen LogP contribution in [0, 0.1) is 0 Å². The van der Waals surface area contributed by atoms with Crippen LogP contribution >= 0.6 is 0 Å². The Morgan fingerprint density at radius 3 is 2.61 bits per heavy atom. The van der Waals surface area contributed by atoms with Gasteiger partial charge in [0.25, 0.3) is 0 Å². The minimum atomic E-state index is -0.945. The molecule has 1 saturated heterocycles. The van der Waals surface area contributed by atoms with Gasteiger partial charge in [0, 0.05) is 6.42 Å². The van der Waals surface area contributed by atoms with E-state index in [2.05, 4.69) is 0 Å². The molecule has 0 aromatic heterocycles. The average Bonchev–Trinajstić information content (AvgIpc) is 2.59. The number of esters is 1. The van der Waals surface area contributed by atoms with Gasteiger partial charge >= 0.3 is 5.97 Å². The van der Waals surface area contributed by atoms with Crippen LogP contribution in [0.25, 0.3) is 0 Å². The van der Waals surface area contributed by atoms with Gasteiger partial charge in [0.2, 0.25) is 5.91 Å². The number of rotatable bonds is 6. The highest BCUT2D eigenvalue weighted by atomic mass is 16.8. The number of hydrogen-bond acceptors (Lipinski definition) is 6. The van der Waals surface area contributed by atoms with Gasteiger partial charge < -0.3 is 24.7 Å². The summed E-state index contributed by atoms with van der Waals surface area (Å²) in [5.41, 5.74) is 5.17. The molecule has 0 bridgehead atoms. The second-order valence-corrected chi connectivity index (χ2v) is 4.39. The molecule has 18 heavy (non-hydrogen) atoms. The highest BCUT2D eigenvalue weighted by molar-refractivity contribution is 5.80. The second-order valence-electron chi connectivity index (χ2n) is 4.39. The Kier molecular flexibility index (Phi) is 4.80. The van der Waals surface area contributed by atoms with E-state index in [4.69, 9.17) is 19.9 Å². The van der Waals surface area contributed by atoms with Crippen molar-refractivity contribution in [3.8, 4) is 0 Å². The molecule has 2 atom stereocenters. The van der Waals surface area contributed by atoms with Crippen LogP contribution in [-0.2, 0) is 28.6 Å². The summed E-state index contributed by atoms with van der Waals surface area (Å²) in [7, 11) is 0. The van der Waals surface area contributed by atoms with Crippen LogP contribution in [-0.4, -0.2) is 42.8 Å². The van der Waals surface area contributed by atoms with E-state index in [1.54, 1.807) is 13.8 Å². The van der Waals surface area contributed by atoms with E-state index >= 15 is 0 Å². The van der Waals surface area contributed by atoms with Crippen molar-refractivity contribution in [2.45, 2.75) is 44.7 Å². The number of hydrogen-bond donors (Lipinski definition) is 1. The Bertz CT molecular complexity index is 340. The minimum Gasteiger partial charge on any atom is -0.463 e. The zero-order chi connectivity index (χ0) is 13.8. The molecule has 1 fully saturated rings. The Morgan fingerprint density at radius 1 is 1.39 bits per heavy atom. The van der Waals surface area contributed by atoms with Gasteiger partial charge in [-0.15, -0.1) is 0 Å². The molecule has 0 unspecified atom stereocenters. The molecule has 7 nitrogen and oxygen atoms in total. The summed E-state index contributed by atoms with van der Waals surface area (Å²) >= 11 is 0. The van der Waals surface area contributed by atoms with E-state index in [9.17, 15) is 14.4 Å². The topological polar surface area (TPSA) is 105 Å². The zero-order valence-electron chi connectivity index (χ0n) is 10.4. The van der Waals surface area contributed by atoms with Gasteiger partial charge in [0.15, 0.2) is 11.9 Å².